The average molecular weight is 838 g/mol. The van der Waals surface area contributed by atoms with Crippen LogP contribution >= 0.6 is 28.2 Å². The highest BCUT2D eigenvalue weighted by Gasteiger charge is 2.35. The number of carbonyl (C=O) groups is 7. The first-order valence-electron chi connectivity index (χ1n) is 18.7. The van der Waals surface area contributed by atoms with E-state index >= 15 is 0 Å². The van der Waals surface area contributed by atoms with Crippen LogP contribution in [0.25, 0.3) is 0 Å². The van der Waals surface area contributed by atoms with Crippen LogP contribution in [0.15, 0.2) is 0 Å². The minimum Gasteiger partial charge on any atom is -0.391 e. The number of carbonyl (C=O) groups excluding carboxylic acids is 7. The summed E-state index contributed by atoms with van der Waals surface area (Å²) < 4.78 is 0. The van der Waals surface area contributed by atoms with Gasteiger partial charge in [-0.25, -0.2) is 0 Å². The van der Waals surface area contributed by atoms with Gasteiger partial charge in [0.25, 0.3) is 0 Å². The van der Waals surface area contributed by atoms with Crippen LogP contribution in [0.1, 0.15) is 73.1 Å². The van der Waals surface area contributed by atoms with Gasteiger partial charge in [0.2, 0.25) is 41.4 Å². The predicted molar refractivity (Wildman–Crippen MR) is 220 cm³/mol. The van der Waals surface area contributed by atoms with Crippen LogP contribution in [0.5, 0.6) is 0 Å². The Hall–Kier alpha value is -2.62. The number of aliphatic hydroxyl groups excluding tert-OH is 1. The number of rotatable bonds is 15. The standard InChI is InChI=1S/C33H66N11O8P3/c1-17(2)15-24-31(50)41-21(8-12-36-53)28(47)40-23(10-14-38-55)30(49)44-26(19(5)45)33(52)35-11-7-20(34-6)27(46)39-22(9-13-37-54)29(48)42-25(16-18(3)4)32(51)43-24/h17-26,34,36-38,45H,7-16,53-55H2,1-6H3,(H,35,52)(H,39,46)(H,40,47)(H,41,50)(H,42,48)(H,43,51)(H,44,49). The van der Waals surface area contributed by atoms with Gasteiger partial charge in [-0.2, -0.15) is 0 Å². The number of hydrogen-bond donors (Lipinski definition) is 12. The quantitative estimate of drug-likeness (QED) is 0.0728. The van der Waals surface area contributed by atoms with E-state index < -0.39 is 89.7 Å². The number of hydrogen-bond acceptors (Lipinski definition) is 12. The summed E-state index contributed by atoms with van der Waals surface area (Å²) in [5.74, 6) is -4.67. The van der Waals surface area contributed by atoms with Crippen LogP contribution < -0.4 is 57.8 Å². The van der Waals surface area contributed by atoms with E-state index in [0.717, 1.165) is 0 Å². The summed E-state index contributed by atoms with van der Waals surface area (Å²) in [6.07, 6.45) is -0.477. The fourth-order valence-electron chi connectivity index (χ4n) is 5.77. The molecule has 0 spiro atoms. The highest BCUT2D eigenvalue weighted by Crippen LogP contribution is 2.11. The van der Waals surface area contributed by atoms with Crippen molar-refractivity contribution in [3.05, 3.63) is 0 Å². The van der Waals surface area contributed by atoms with E-state index in [4.69, 9.17) is 0 Å². The Balaban J connectivity index is 3.73. The van der Waals surface area contributed by atoms with Crippen molar-refractivity contribution in [3.63, 3.8) is 0 Å². The monoisotopic (exact) mass is 837 g/mol. The fourth-order valence-corrected chi connectivity index (χ4v) is 6.27. The average Bonchev–Trinajstić information content (AvgIpc) is 3.11. The van der Waals surface area contributed by atoms with Gasteiger partial charge in [-0.3, -0.25) is 33.6 Å². The van der Waals surface area contributed by atoms with E-state index in [1.807, 2.05) is 27.7 Å². The zero-order chi connectivity index (χ0) is 41.7. The normalized spacial score (nSPS) is 26.6. The van der Waals surface area contributed by atoms with E-state index in [-0.39, 0.29) is 70.0 Å². The van der Waals surface area contributed by atoms with Crippen molar-refractivity contribution in [3.8, 4) is 0 Å². The Morgan fingerprint density at radius 1 is 0.564 bits per heavy atom. The molecule has 1 fully saturated rings. The summed E-state index contributed by atoms with van der Waals surface area (Å²) in [4.78, 5) is 95.5. The van der Waals surface area contributed by atoms with Gasteiger partial charge in [0, 0.05) is 26.2 Å². The summed E-state index contributed by atoms with van der Waals surface area (Å²) in [5.41, 5.74) is 0. The first kappa shape index (κ1) is 50.4. The van der Waals surface area contributed by atoms with Gasteiger partial charge in [0.1, 0.15) is 36.3 Å². The first-order chi connectivity index (χ1) is 26.0. The molecule has 0 aromatic rings. The first-order valence-corrected chi connectivity index (χ1v) is 20.5. The van der Waals surface area contributed by atoms with Crippen LogP contribution in [0.4, 0.5) is 0 Å². The van der Waals surface area contributed by atoms with Gasteiger partial charge < -0.3 is 62.9 Å². The molecule has 12 N–H and O–H groups in total. The molecule has 0 saturated carbocycles. The molecule has 1 saturated heterocycles. The second-order valence-corrected chi connectivity index (χ2v) is 15.7. The van der Waals surface area contributed by atoms with Crippen molar-refractivity contribution in [2.45, 2.75) is 122 Å². The molecule has 1 aliphatic heterocycles. The molecule has 11 unspecified atom stereocenters. The molecular weight excluding hydrogens is 771 g/mol. The smallest absolute Gasteiger partial charge is 0.245 e. The lowest BCUT2D eigenvalue weighted by Crippen LogP contribution is -2.61. The lowest BCUT2D eigenvalue weighted by molar-refractivity contribution is -0.136. The molecule has 11 atom stereocenters. The van der Waals surface area contributed by atoms with Crippen molar-refractivity contribution < 1.29 is 38.7 Å². The molecule has 0 aromatic carbocycles. The summed E-state index contributed by atoms with van der Waals surface area (Å²) in [6, 6.07) is -7.83. The minimum atomic E-state index is -1.41. The van der Waals surface area contributed by atoms with Crippen molar-refractivity contribution in [2.24, 2.45) is 11.8 Å². The topological polar surface area (TPSA) is 272 Å². The van der Waals surface area contributed by atoms with Crippen molar-refractivity contribution in [2.75, 3.05) is 33.2 Å². The zero-order valence-corrected chi connectivity index (χ0v) is 36.3. The van der Waals surface area contributed by atoms with E-state index in [0.29, 0.717) is 6.54 Å². The van der Waals surface area contributed by atoms with Crippen molar-refractivity contribution >= 4 is 69.5 Å². The summed E-state index contributed by atoms with van der Waals surface area (Å²) in [7, 11) is 8.49. The lowest BCUT2D eigenvalue weighted by Gasteiger charge is -2.29. The SMILES string of the molecule is CNC1CCNC(=O)C(C(C)O)NC(=O)C(CCNP)NC(=O)C(CCNP)NC(=O)C(CC(C)C)NC(=O)C(CC(C)C)NC(=O)C(CCNP)NC1=O. The molecule has 1 rings (SSSR count). The van der Waals surface area contributed by atoms with Crippen LogP contribution in [0.3, 0.4) is 0 Å². The Kier molecular flexibility index (Phi) is 24.8. The molecule has 22 heteroatoms. The second kappa shape index (κ2) is 27.1. The largest absolute Gasteiger partial charge is 0.391 e. The molecule has 1 heterocycles. The molecule has 1 aliphatic rings. The number of amides is 7. The molecule has 55 heavy (non-hydrogen) atoms. The Morgan fingerprint density at radius 3 is 1.25 bits per heavy atom. The third-order valence-corrected chi connectivity index (χ3v) is 9.64. The van der Waals surface area contributed by atoms with Crippen LogP contribution in [-0.2, 0) is 33.6 Å². The van der Waals surface area contributed by atoms with E-state index in [2.05, 4.69) is 86.0 Å². The summed E-state index contributed by atoms with van der Waals surface area (Å²) in [6.45, 7) is 9.64. The third kappa shape index (κ3) is 18.9. The Morgan fingerprint density at radius 2 is 0.909 bits per heavy atom. The molecular formula is C33H66N11O8P3. The van der Waals surface area contributed by atoms with Crippen LogP contribution in [0, 0.1) is 11.8 Å². The molecule has 316 valence electrons. The van der Waals surface area contributed by atoms with Crippen molar-refractivity contribution in [1.82, 2.24) is 57.8 Å². The summed E-state index contributed by atoms with van der Waals surface area (Å²) in [5, 5.41) is 40.8. The molecule has 0 radical (unpaired) electrons. The molecule has 0 bridgehead atoms. The maximum atomic E-state index is 13.9. The lowest BCUT2D eigenvalue weighted by atomic mass is 9.99. The highest BCUT2D eigenvalue weighted by molar-refractivity contribution is 7.14. The van der Waals surface area contributed by atoms with Gasteiger partial charge in [-0.05, 0) is 64.3 Å². The van der Waals surface area contributed by atoms with Crippen LogP contribution in [0.2, 0.25) is 0 Å². The van der Waals surface area contributed by atoms with Gasteiger partial charge in [-0.15, -0.1) is 0 Å². The third-order valence-electron chi connectivity index (χ3n) is 8.77. The molecule has 0 aromatic heterocycles. The predicted octanol–water partition coefficient (Wildman–Crippen LogP) is -3.21. The number of aliphatic hydroxyl groups is 1. The second-order valence-electron chi connectivity index (χ2n) is 14.4. The number of likely N-dealkylation sites (N-methyl/N-ethyl adjacent to an activating group) is 1. The minimum absolute atomic E-state index is 0.0443. The zero-order valence-electron chi connectivity index (χ0n) is 32.9. The highest BCUT2D eigenvalue weighted by atomic mass is 31.0. The summed E-state index contributed by atoms with van der Waals surface area (Å²) >= 11 is 0. The fraction of sp³-hybridized carbons (Fsp3) is 0.788. The maximum Gasteiger partial charge on any atom is 0.245 e. The molecule has 19 nitrogen and oxygen atoms in total. The van der Waals surface area contributed by atoms with E-state index in [9.17, 15) is 38.7 Å². The van der Waals surface area contributed by atoms with E-state index in [1.54, 1.807) is 7.05 Å². The van der Waals surface area contributed by atoms with E-state index in [1.165, 1.54) is 6.92 Å². The van der Waals surface area contributed by atoms with Crippen molar-refractivity contribution in [1.29, 1.82) is 0 Å². The molecule has 7 amide bonds. The number of nitrogens with one attached hydrogen (secondary N) is 11. The van der Waals surface area contributed by atoms with Crippen LogP contribution in [-0.4, -0.2) is 128 Å². The van der Waals surface area contributed by atoms with Gasteiger partial charge in [0.05, 0.1) is 12.1 Å². The molecule has 0 aliphatic carbocycles. The van der Waals surface area contributed by atoms with Gasteiger partial charge >= 0.3 is 0 Å². The van der Waals surface area contributed by atoms with Gasteiger partial charge in [-0.1, -0.05) is 55.9 Å². The Bertz CT molecular complexity index is 1270. The van der Waals surface area contributed by atoms with Gasteiger partial charge in [0.15, 0.2) is 0 Å². The Labute approximate surface area is 332 Å². The maximum absolute atomic E-state index is 13.9.